The van der Waals surface area contributed by atoms with Gasteiger partial charge in [0.05, 0.1) is 18.8 Å². The minimum Gasteiger partial charge on any atom is -0.394 e. The van der Waals surface area contributed by atoms with Crippen molar-refractivity contribution in [3.63, 3.8) is 0 Å². The number of aliphatic hydroxyl groups is 1. The first-order valence-electron chi connectivity index (χ1n) is 9.62. The largest absolute Gasteiger partial charge is 0.394 e. The van der Waals surface area contributed by atoms with E-state index in [2.05, 4.69) is 20.4 Å². The van der Waals surface area contributed by atoms with E-state index in [-0.39, 0.29) is 12.6 Å². The summed E-state index contributed by atoms with van der Waals surface area (Å²) in [6.07, 6.45) is 6.87. The van der Waals surface area contributed by atoms with Crippen LogP contribution in [-0.4, -0.2) is 48.4 Å². The maximum absolute atomic E-state index is 13.5. The highest BCUT2D eigenvalue weighted by molar-refractivity contribution is 5.73. The number of imidazole rings is 1. The zero-order valence-electron chi connectivity index (χ0n) is 15.9. The number of fused-ring (bicyclic) bond motifs is 1. The van der Waals surface area contributed by atoms with Crippen LogP contribution in [0, 0.1) is 11.6 Å². The molecule has 0 bridgehead atoms. The Kier molecular flexibility index (Phi) is 4.55. The SMILES string of the molecule is OC[C@@H]1CCCN1c1nc(Nc2cn(-c3ccc(F)c(F)c3)cn2)c2cccn2n1. The highest BCUT2D eigenvalue weighted by Crippen LogP contribution is 2.26. The highest BCUT2D eigenvalue weighted by Gasteiger charge is 2.27. The van der Waals surface area contributed by atoms with Gasteiger partial charge in [-0.25, -0.2) is 18.3 Å². The van der Waals surface area contributed by atoms with E-state index in [1.165, 1.54) is 12.4 Å². The van der Waals surface area contributed by atoms with Crippen LogP contribution in [0.25, 0.3) is 11.2 Å². The number of hydrogen-bond donors (Lipinski definition) is 2. The molecule has 0 radical (unpaired) electrons. The van der Waals surface area contributed by atoms with Gasteiger partial charge in [-0.15, -0.1) is 5.10 Å². The molecule has 1 atom stereocenters. The number of hydrogen-bond acceptors (Lipinski definition) is 6. The fourth-order valence-corrected chi connectivity index (χ4v) is 3.72. The van der Waals surface area contributed by atoms with Crippen molar-refractivity contribution in [3.05, 3.63) is 60.7 Å². The van der Waals surface area contributed by atoms with Crippen molar-refractivity contribution >= 4 is 23.1 Å². The number of aromatic nitrogens is 5. The van der Waals surface area contributed by atoms with Crippen molar-refractivity contribution in [1.29, 1.82) is 0 Å². The molecule has 4 aromatic rings. The Balaban J connectivity index is 1.47. The van der Waals surface area contributed by atoms with E-state index < -0.39 is 11.6 Å². The Morgan fingerprint density at radius 1 is 1.20 bits per heavy atom. The zero-order valence-corrected chi connectivity index (χ0v) is 15.9. The molecule has 0 saturated carbocycles. The Morgan fingerprint density at radius 3 is 2.93 bits per heavy atom. The van der Waals surface area contributed by atoms with Gasteiger partial charge in [-0.05, 0) is 37.1 Å². The van der Waals surface area contributed by atoms with Crippen molar-refractivity contribution in [2.75, 3.05) is 23.4 Å². The summed E-state index contributed by atoms with van der Waals surface area (Å²) in [5, 5.41) is 17.4. The fourth-order valence-electron chi connectivity index (χ4n) is 3.72. The van der Waals surface area contributed by atoms with E-state index in [1.807, 2.05) is 23.2 Å². The van der Waals surface area contributed by atoms with Gasteiger partial charge in [-0.3, -0.25) is 0 Å². The summed E-state index contributed by atoms with van der Waals surface area (Å²) in [5.41, 5.74) is 1.22. The van der Waals surface area contributed by atoms with Gasteiger partial charge in [0.15, 0.2) is 17.5 Å². The third kappa shape index (κ3) is 3.24. The van der Waals surface area contributed by atoms with Crippen LogP contribution < -0.4 is 10.2 Å². The maximum Gasteiger partial charge on any atom is 0.245 e. The first-order valence-corrected chi connectivity index (χ1v) is 9.62. The summed E-state index contributed by atoms with van der Waals surface area (Å²) in [4.78, 5) is 11.0. The molecule has 0 aliphatic carbocycles. The first-order chi connectivity index (χ1) is 14.6. The minimum atomic E-state index is -0.921. The van der Waals surface area contributed by atoms with Gasteiger partial charge < -0.3 is 19.9 Å². The number of nitrogens with one attached hydrogen (secondary N) is 1. The predicted molar refractivity (Wildman–Crippen MR) is 107 cm³/mol. The molecule has 154 valence electrons. The van der Waals surface area contributed by atoms with Crippen molar-refractivity contribution in [2.24, 2.45) is 0 Å². The number of benzene rings is 1. The average Bonchev–Trinajstić information content (AvgIpc) is 3.50. The first kappa shape index (κ1) is 18.5. The molecule has 8 nitrogen and oxygen atoms in total. The van der Waals surface area contributed by atoms with Gasteiger partial charge >= 0.3 is 0 Å². The molecule has 5 rings (SSSR count). The van der Waals surface area contributed by atoms with Gasteiger partial charge in [0, 0.05) is 24.5 Å². The minimum absolute atomic E-state index is 0.00144. The Hall–Kier alpha value is -3.53. The summed E-state index contributed by atoms with van der Waals surface area (Å²) >= 11 is 0. The predicted octanol–water partition coefficient (Wildman–Crippen LogP) is 2.90. The molecule has 4 heterocycles. The summed E-state index contributed by atoms with van der Waals surface area (Å²) in [5.74, 6) is -0.242. The lowest BCUT2D eigenvalue weighted by Gasteiger charge is -2.23. The van der Waals surface area contributed by atoms with Gasteiger partial charge in [0.1, 0.15) is 17.7 Å². The summed E-state index contributed by atoms with van der Waals surface area (Å²) in [6, 6.07) is 7.40. The average molecular weight is 411 g/mol. The molecule has 1 saturated heterocycles. The van der Waals surface area contributed by atoms with Crippen LogP contribution in [0.1, 0.15) is 12.8 Å². The molecule has 0 spiro atoms. The lowest BCUT2D eigenvalue weighted by atomic mass is 10.2. The lowest BCUT2D eigenvalue weighted by Crippen LogP contribution is -2.34. The normalized spacial score (nSPS) is 16.5. The molecule has 0 unspecified atom stereocenters. The van der Waals surface area contributed by atoms with Gasteiger partial charge in [-0.1, -0.05) is 0 Å². The molecule has 1 aliphatic heterocycles. The maximum atomic E-state index is 13.5. The van der Waals surface area contributed by atoms with Gasteiger partial charge in [-0.2, -0.15) is 4.98 Å². The molecule has 1 aliphatic rings. The molecular formula is C20H19F2N7O. The van der Waals surface area contributed by atoms with E-state index in [9.17, 15) is 13.9 Å². The molecule has 1 fully saturated rings. The van der Waals surface area contributed by atoms with Crippen molar-refractivity contribution in [1.82, 2.24) is 24.1 Å². The zero-order chi connectivity index (χ0) is 20.7. The van der Waals surface area contributed by atoms with E-state index >= 15 is 0 Å². The number of anilines is 3. The van der Waals surface area contributed by atoms with Crippen LogP contribution in [0.3, 0.4) is 0 Å². The van der Waals surface area contributed by atoms with E-state index in [4.69, 9.17) is 0 Å². The molecule has 1 aromatic carbocycles. The number of aliphatic hydroxyl groups excluding tert-OH is 1. The lowest BCUT2D eigenvalue weighted by molar-refractivity contribution is 0.265. The number of rotatable bonds is 5. The second-order valence-corrected chi connectivity index (χ2v) is 7.16. The molecular weight excluding hydrogens is 392 g/mol. The molecule has 0 amide bonds. The van der Waals surface area contributed by atoms with Crippen LogP contribution in [-0.2, 0) is 0 Å². The smallest absolute Gasteiger partial charge is 0.245 e. The van der Waals surface area contributed by atoms with Crippen LogP contribution in [0.15, 0.2) is 49.1 Å². The third-order valence-electron chi connectivity index (χ3n) is 5.25. The third-order valence-corrected chi connectivity index (χ3v) is 5.25. The van der Waals surface area contributed by atoms with Gasteiger partial charge in [0.2, 0.25) is 5.95 Å². The Labute approximate surface area is 170 Å². The monoisotopic (exact) mass is 411 g/mol. The molecule has 3 aromatic heterocycles. The standard InChI is InChI=1S/C20H19F2N7O/c21-15-6-5-13(9-16(15)22)27-10-18(23-12-27)24-19-17-4-2-8-29(17)26-20(25-19)28-7-1-3-14(28)11-30/h2,4-6,8-10,12,14,30H,1,3,7,11H2,(H,24,25,26)/t14-/m0/s1. The van der Waals surface area contributed by atoms with Crippen molar-refractivity contribution in [3.8, 4) is 5.69 Å². The van der Waals surface area contributed by atoms with E-state index in [0.717, 1.165) is 37.0 Å². The van der Waals surface area contributed by atoms with Crippen molar-refractivity contribution in [2.45, 2.75) is 18.9 Å². The van der Waals surface area contributed by atoms with E-state index in [1.54, 1.807) is 15.3 Å². The topological polar surface area (TPSA) is 83.5 Å². The van der Waals surface area contributed by atoms with Crippen LogP contribution in [0.4, 0.5) is 26.4 Å². The quantitative estimate of drug-likeness (QED) is 0.526. The summed E-state index contributed by atoms with van der Waals surface area (Å²) in [6.45, 7) is 0.830. The second kappa shape index (κ2) is 7.38. The molecule has 10 heteroatoms. The Bertz CT molecular complexity index is 1210. The van der Waals surface area contributed by atoms with Gasteiger partial charge in [0.25, 0.3) is 0 Å². The highest BCUT2D eigenvalue weighted by atomic mass is 19.2. The number of nitrogens with zero attached hydrogens (tertiary/aromatic N) is 6. The molecule has 2 N–H and O–H groups in total. The Morgan fingerprint density at radius 2 is 2.10 bits per heavy atom. The number of halogens is 2. The van der Waals surface area contributed by atoms with Crippen LogP contribution in [0.5, 0.6) is 0 Å². The summed E-state index contributed by atoms with van der Waals surface area (Å²) < 4.78 is 30.1. The second-order valence-electron chi connectivity index (χ2n) is 7.16. The molecule has 30 heavy (non-hydrogen) atoms. The fraction of sp³-hybridized carbons (Fsp3) is 0.250. The van der Waals surface area contributed by atoms with E-state index in [0.29, 0.717) is 23.3 Å². The van der Waals surface area contributed by atoms with Crippen LogP contribution >= 0.6 is 0 Å². The van der Waals surface area contributed by atoms with Crippen molar-refractivity contribution < 1.29 is 13.9 Å². The van der Waals surface area contributed by atoms with Crippen LogP contribution in [0.2, 0.25) is 0 Å². The summed E-state index contributed by atoms with van der Waals surface area (Å²) in [7, 11) is 0.